The Hall–Kier alpha value is -0.540. The van der Waals surface area contributed by atoms with Gasteiger partial charge in [-0.25, -0.2) is 0 Å². The Morgan fingerprint density at radius 2 is 2.27 bits per heavy atom. The van der Waals surface area contributed by atoms with E-state index in [2.05, 4.69) is 26.3 Å². The standard InChI is InChI=1S/C8H15NO2/c1-8(2,3)7-4-6(5-10)11-9-7/h4,6,9-10H,5H2,1-3H3. The topological polar surface area (TPSA) is 41.5 Å². The molecule has 1 aliphatic heterocycles. The van der Waals surface area contributed by atoms with Gasteiger partial charge in [0.1, 0.15) is 6.10 Å². The predicted octanol–water partition coefficient (Wildman–Crippen LogP) is 0.812. The van der Waals surface area contributed by atoms with E-state index in [9.17, 15) is 0 Å². The van der Waals surface area contributed by atoms with Gasteiger partial charge in [0.25, 0.3) is 0 Å². The molecule has 1 atom stereocenters. The first-order valence-electron chi connectivity index (χ1n) is 3.79. The minimum Gasteiger partial charge on any atom is -0.393 e. The Morgan fingerprint density at radius 1 is 1.64 bits per heavy atom. The van der Waals surface area contributed by atoms with Gasteiger partial charge in [0.15, 0.2) is 0 Å². The maximum Gasteiger partial charge on any atom is 0.128 e. The van der Waals surface area contributed by atoms with Crippen molar-refractivity contribution in [1.29, 1.82) is 0 Å². The minimum absolute atomic E-state index is 0.0343. The molecule has 1 heterocycles. The molecule has 0 saturated heterocycles. The Bertz CT molecular complexity index is 169. The van der Waals surface area contributed by atoms with Gasteiger partial charge in [0.05, 0.1) is 6.61 Å². The van der Waals surface area contributed by atoms with E-state index in [1.165, 1.54) is 0 Å². The fourth-order valence-electron chi connectivity index (χ4n) is 0.886. The van der Waals surface area contributed by atoms with E-state index in [1.807, 2.05) is 6.08 Å². The summed E-state index contributed by atoms with van der Waals surface area (Å²) in [5.41, 5.74) is 3.91. The molecule has 0 fully saturated rings. The molecule has 0 saturated carbocycles. The fraction of sp³-hybridized carbons (Fsp3) is 0.750. The number of hydrogen-bond acceptors (Lipinski definition) is 3. The third-order valence-corrected chi connectivity index (χ3v) is 1.66. The Kier molecular flexibility index (Phi) is 2.20. The molecule has 3 heteroatoms. The Labute approximate surface area is 67.0 Å². The normalized spacial score (nSPS) is 24.7. The lowest BCUT2D eigenvalue weighted by Gasteiger charge is -2.19. The molecule has 0 aromatic carbocycles. The van der Waals surface area contributed by atoms with Crippen molar-refractivity contribution >= 4 is 0 Å². The molecule has 0 aromatic rings. The number of hydrogen-bond donors (Lipinski definition) is 2. The summed E-state index contributed by atoms with van der Waals surface area (Å²) in [5, 5.41) is 8.74. The smallest absolute Gasteiger partial charge is 0.128 e. The molecule has 3 nitrogen and oxygen atoms in total. The SMILES string of the molecule is CC(C)(C)C1=CC(CO)ON1. The average molecular weight is 157 g/mol. The molecule has 0 aromatic heterocycles. The molecular formula is C8H15NO2. The molecule has 1 unspecified atom stereocenters. The summed E-state index contributed by atoms with van der Waals surface area (Å²) in [6.45, 7) is 6.31. The van der Waals surface area contributed by atoms with E-state index >= 15 is 0 Å². The van der Waals surface area contributed by atoms with Crippen molar-refractivity contribution in [2.75, 3.05) is 6.61 Å². The largest absolute Gasteiger partial charge is 0.393 e. The number of hydroxylamine groups is 1. The van der Waals surface area contributed by atoms with Crippen LogP contribution in [0.4, 0.5) is 0 Å². The van der Waals surface area contributed by atoms with Crippen LogP contribution in [0.15, 0.2) is 11.8 Å². The van der Waals surface area contributed by atoms with Gasteiger partial charge >= 0.3 is 0 Å². The van der Waals surface area contributed by atoms with Gasteiger partial charge in [-0.05, 0) is 6.08 Å². The van der Waals surface area contributed by atoms with Gasteiger partial charge in [0.2, 0.25) is 0 Å². The van der Waals surface area contributed by atoms with E-state index in [1.54, 1.807) is 0 Å². The fourth-order valence-corrected chi connectivity index (χ4v) is 0.886. The van der Waals surface area contributed by atoms with Crippen LogP contribution < -0.4 is 5.48 Å². The summed E-state index contributed by atoms with van der Waals surface area (Å²) < 4.78 is 0. The molecule has 64 valence electrons. The second-order valence-corrected chi connectivity index (χ2v) is 3.77. The van der Waals surface area contributed by atoms with Crippen molar-refractivity contribution in [1.82, 2.24) is 5.48 Å². The number of nitrogens with one attached hydrogen (secondary N) is 1. The van der Waals surface area contributed by atoms with Gasteiger partial charge in [0, 0.05) is 11.1 Å². The highest BCUT2D eigenvalue weighted by molar-refractivity contribution is 5.12. The first-order valence-corrected chi connectivity index (χ1v) is 3.79. The second kappa shape index (κ2) is 2.83. The van der Waals surface area contributed by atoms with E-state index < -0.39 is 0 Å². The van der Waals surface area contributed by atoms with Crippen LogP contribution in [-0.2, 0) is 4.84 Å². The van der Waals surface area contributed by atoms with Crippen molar-refractivity contribution in [3.8, 4) is 0 Å². The van der Waals surface area contributed by atoms with Crippen molar-refractivity contribution in [3.63, 3.8) is 0 Å². The van der Waals surface area contributed by atoms with Crippen LogP contribution in [0.1, 0.15) is 20.8 Å². The van der Waals surface area contributed by atoms with E-state index in [0.717, 1.165) is 5.70 Å². The van der Waals surface area contributed by atoms with Crippen molar-refractivity contribution < 1.29 is 9.94 Å². The van der Waals surface area contributed by atoms with Crippen LogP contribution in [0.5, 0.6) is 0 Å². The second-order valence-electron chi connectivity index (χ2n) is 3.77. The lowest BCUT2D eigenvalue weighted by molar-refractivity contribution is 0.00569. The monoisotopic (exact) mass is 157 g/mol. The molecule has 0 amide bonds. The molecule has 0 spiro atoms. The number of aliphatic hydroxyl groups is 1. The van der Waals surface area contributed by atoms with E-state index in [-0.39, 0.29) is 18.1 Å². The van der Waals surface area contributed by atoms with Gasteiger partial charge < -0.3 is 5.11 Å². The van der Waals surface area contributed by atoms with Crippen LogP contribution in [0.2, 0.25) is 0 Å². The van der Waals surface area contributed by atoms with E-state index in [0.29, 0.717) is 0 Å². The van der Waals surface area contributed by atoms with Crippen LogP contribution in [0.3, 0.4) is 0 Å². The van der Waals surface area contributed by atoms with Crippen LogP contribution in [-0.4, -0.2) is 17.8 Å². The van der Waals surface area contributed by atoms with Gasteiger partial charge in [-0.2, -0.15) is 0 Å². The highest BCUT2D eigenvalue weighted by atomic mass is 16.7. The molecule has 0 bridgehead atoms. The maximum absolute atomic E-state index is 8.74. The summed E-state index contributed by atoms with van der Waals surface area (Å²) >= 11 is 0. The first-order chi connectivity index (χ1) is 5.04. The lowest BCUT2D eigenvalue weighted by atomic mass is 9.92. The molecule has 0 aliphatic carbocycles. The Balaban J connectivity index is 2.62. The van der Waals surface area contributed by atoms with Gasteiger partial charge in [-0.15, -0.1) is 0 Å². The van der Waals surface area contributed by atoms with Crippen LogP contribution in [0.25, 0.3) is 0 Å². The highest BCUT2D eigenvalue weighted by Gasteiger charge is 2.24. The lowest BCUT2D eigenvalue weighted by Crippen LogP contribution is -2.21. The molecule has 11 heavy (non-hydrogen) atoms. The first kappa shape index (κ1) is 8.56. The number of aliphatic hydroxyl groups excluding tert-OH is 1. The predicted molar refractivity (Wildman–Crippen MR) is 42.6 cm³/mol. The zero-order chi connectivity index (χ0) is 8.48. The zero-order valence-corrected chi connectivity index (χ0v) is 7.22. The van der Waals surface area contributed by atoms with E-state index in [4.69, 9.17) is 9.94 Å². The molecule has 1 aliphatic rings. The summed E-state index contributed by atoms with van der Waals surface area (Å²) in [5.74, 6) is 0. The molecule has 1 rings (SSSR count). The third-order valence-electron chi connectivity index (χ3n) is 1.66. The summed E-state index contributed by atoms with van der Waals surface area (Å²) in [6, 6.07) is 0. The zero-order valence-electron chi connectivity index (χ0n) is 7.22. The summed E-state index contributed by atoms with van der Waals surface area (Å²) in [6.07, 6.45) is 1.74. The quantitative estimate of drug-likeness (QED) is 0.592. The van der Waals surface area contributed by atoms with Gasteiger partial charge in [-0.3, -0.25) is 10.3 Å². The number of allylic oxidation sites excluding steroid dienone is 1. The number of rotatable bonds is 1. The van der Waals surface area contributed by atoms with Crippen molar-refractivity contribution in [2.24, 2.45) is 5.41 Å². The third kappa shape index (κ3) is 1.94. The minimum atomic E-state index is -0.177. The van der Waals surface area contributed by atoms with Gasteiger partial charge in [-0.1, -0.05) is 20.8 Å². The molecule has 0 radical (unpaired) electrons. The van der Waals surface area contributed by atoms with Crippen molar-refractivity contribution in [2.45, 2.75) is 26.9 Å². The summed E-state index contributed by atoms with van der Waals surface area (Å²) in [4.78, 5) is 5.05. The van der Waals surface area contributed by atoms with Crippen LogP contribution >= 0.6 is 0 Å². The summed E-state index contributed by atoms with van der Waals surface area (Å²) in [7, 11) is 0. The molecular weight excluding hydrogens is 142 g/mol. The van der Waals surface area contributed by atoms with Crippen LogP contribution in [0, 0.1) is 5.41 Å². The van der Waals surface area contributed by atoms with Crippen molar-refractivity contribution in [3.05, 3.63) is 11.8 Å². The molecule has 2 N–H and O–H groups in total. The average Bonchev–Trinajstić information content (AvgIpc) is 2.32. The maximum atomic E-state index is 8.74. The Morgan fingerprint density at radius 3 is 2.55 bits per heavy atom. The highest BCUT2D eigenvalue weighted by Crippen LogP contribution is 2.26.